The van der Waals surface area contributed by atoms with Gasteiger partial charge in [-0.25, -0.2) is 0 Å². The fourth-order valence-electron chi connectivity index (χ4n) is 3.18. The summed E-state index contributed by atoms with van der Waals surface area (Å²) in [5, 5.41) is 15.2. The maximum Gasteiger partial charge on any atom is 0.229 e. The van der Waals surface area contributed by atoms with Gasteiger partial charge in [-0.05, 0) is 13.0 Å². The van der Waals surface area contributed by atoms with Crippen LogP contribution in [0.3, 0.4) is 0 Å². The van der Waals surface area contributed by atoms with Crippen LogP contribution in [0.15, 0.2) is 18.3 Å². The number of anilines is 3. The number of nitrogens with zero attached hydrogens (tertiary/aromatic N) is 4. The molecule has 1 fully saturated rings. The molecule has 4 heterocycles. The SMILES string of the molecule is C[C@@H]1CNCCN1c1nc(Nc2cc(C(C)(C)C)[nH]n2)c2cc[nH]c2n1. The van der Waals surface area contributed by atoms with Gasteiger partial charge in [0.1, 0.15) is 11.5 Å². The highest BCUT2D eigenvalue weighted by atomic mass is 15.3. The quantitative estimate of drug-likeness (QED) is 0.577. The van der Waals surface area contributed by atoms with Crippen molar-refractivity contribution >= 4 is 28.6 Å². The molecular formula is C18H26N8. The zero-order valence-corrected chi connectivity index (χ0v) is 15.7. The summed E-state index contributed by atoms with van der Waals surface area (Å²) in [6.45, 7) is 11.4. The van der Waals surface area contributed by atoms with Crippen LogP contribution in [0.25, 0.3) is 11.0 Å². The molecule has 0 bridgehead atoms. The standard InChI is InChI=1S/C18H26N8/c1-11-10-19-7-8-26(11)17-22-15-12(5-6-20-15)16(23-17)21-14-9-13(24-25-14)18(2,3)4/h5-6,9,11,19H,7-8,10H2,1-4H3,(H3,20,21,22,23,24,25)/t11-/m1/s1. The molecular weight excluding hydrogens is 328 g/mol. The van der Waals surface area contributed by atoms with Crippen LogP contribution in [-0.2, 0) is 5.41 Å². The lowest BCUT2D eigenvalue weighted by Gasteiger charge is -2.34. The lowest BCUT2D eigenvalue weighted by atomic mass is 9.92. The van der Waals surface area contributed by atoms with Crippen LogP contribution < -0.4 is 15.5 Å². The zero-order valence-electron chi connectivity index (χ0n) is 15.7. The van der Waals surface area contributed by atoms with Crippen molar-refractivity contribution in [2.24, 2.45) is 0 Å². The Morgan fingerprint density at radius 2 is 2.12 bits per heavy atom. The molecule has 1 aliphatic heterocycles. The molecule has 3 aromatic rings. The van der Waals surface area contributed by atoms with E-state index in [-0.39, 0.29) is 5.41 Å². The van der Waals surface area contributed by atoms with Crippen molar-refractivity contribution in [1.82, 2.24) is 30.5 Å². The third-order valence-corrected chi connectivity index (χ3v) is 4.79. The summed E-state index contributed by atoms with van der Waals surface area (Å²) >= 11 is 0. The summed E-state index contributed by atoms with van der Waals surface area (Å²) in [4.78, 5) is 15.0. The number of rotatable bonds is 3. The monoisotopic (exact) mass is 354 g/mol. The first-order chi connectivity index (χ1) is 12.4. The molecule has 0 amide bonds. The van der Waals surface area contributed by atoms with Crippen molar-refractivity contribution in [2.75, 3.05) is 29.9 Å². The molecule has 1 saturated heterocycles. The molecule has 0 aliphatic carbocycles. The van der Waals surface area contributed by atoms with E-state index in [9.17, 15) is 0 Å². The van der Waals surface area contributed by atoms with Crippen molar-refractivity contribution in [3.8, 4) is 0 Å². The Balaban J connectivity index is 1.70. The molecule has 1 aliphatic rings. The smallest absolute Gasteiger partial charge is 0.229 e. The van der Waals surface area contributed by atoms with E-state index in [2.05, 4.69) is 58.4 Å². The zero-order chi connectivity index (χ0) is 18.3. The van der Waals surface area contributed by atoms with Gasteiger partial charge >= 0.3 is 0 Å². The average Bonchev–Trinajstić information content (AvgIpc) is 3.24. The largest absolute Gasteiger partial charge is 0.346 e. The van der Waals surface area contributed by atoms with Crippen LogP contribution in [0.2, 0.25) is 0 Å². The lowest BCUT2D eigenvalue weighted by Crippen LogP contribution is -2.50. The van der Waals surface area contributed by atoms with Gasteiger partial charge in [-0.15, -0.1) is 0 Å². The van der Waals surface area contributed by atoms with Gasteiger partial charge in [0.2, 0.25) is 5.95 Å². The Morgan fingerprint density at radius 3 is 2.85 bits per heavy atom. The molecule has 0 saturated carbocycles. The summed E-state index contributed by atoms with van der Waals surface area (Å²) < 4.78 is 0. The minimum absolute atomic E-state index is 0.0173. The lowest BCUT2D eigenvalue weighted by molar-refractivity contribution is 0.493. The van der Waals surface area contributed by atoms with Crippen molar-refractivity contribution in [2.45, 2.75) is 39.2 Å². The Hall–Kier alpha value is -2.61. The van der Waals surface area contributed by atoms with Crippen LogP contribution in [0.1, 0.15) is 33.4 Å². The van der Waals surface area contributed by atoms with E-state index in [1.807, 2.05) is 18.3 Å². The van der Waals surface area contributed by atoms with Crippen molar-refractivity contribution in [1.29, 1.82) is 0 Å². The molecule has 8 nitrogen and oxygen atoms in total. The van der Waals surface area contributed by atoms with E-state index < -0.39 is 0 Å². The topological polar surface area (TPSA) is 97.5 Å². The second-order valence-corrected chi connectivity index (χ2v) is 7.90. The molecule has 138 valence electrons. The number of H-pyrrole nitrogens is 2. The van der Waals surface area contributed by atoms with E-state index in [4.69, 9.17) is 9.97 Å². The number of fused-ring (bicyclic) bond motifs is 1. The number of nitrogens with one attached hydrogen (secondary N) is 4. The van der Waals surface area contributed by atoms with E-state index in [1.54, 1.807) is 0 Å². The highest BCUT2D eigenvalue weighted by molar-refractivity contribution is 5.89. The average molecular weight is 354 g/mol. The molecule has 0 radical (unpaired) electrons. The number of hydrogen-bond acceptors (Lipinski definition) is 6. The van der Waals surface area contributed by atoms with Gasteiger partial charge in [-0.3, -0.25) is 5.10 Å². The molecule has 4 N–H and O–H groups in total. The molecule has 0 spiro atoms. The third kappa shape index (κ3) is 3.12. The van der Waals surface area contributed by atoms with Crippen LogP contribution >= 0.6 is 0 Å². The van der Waals surface area contributed by atoms with Gasteiger partial charge in [0.25, 0.3) is 0 Å². The predicted octanol–water partition coefficient (Wildman–Crippen LogP) is 2.52. The Kier molecular flexibility index (Phi) is 4.07. The predicted molar refractivity (Wildman–Crippen MR) is 104 cm³/mol. The Morgan fingerprint density at radius 1 is 1.27 bits per heavy atom. The van der Waals surface area contributed by atoms with Crippen LogP contribution in [0.5, 0.6) is 0 Å². The molecule has 26 heavy (non-hydrogen) atoms. The summed E-state index contributed by atoms with van der Waals surface area (Å²) in [7, 11) is 0. The van der Waals surface area contributed by atoms with Gasteiger partial charge in [0.15, 0.2) is 5.82 Å². The Bertz CT molecular complexity index is 903. The van der Waals surface area contributed by atoms with Crippen LogP contribution in [0, 0.1) is 0 Å². The van der Waals surface area contributed by atoms with Gasteiger partial charge in [-0.2, -0.15) is 15.1 Å². The van der Waals surface area contributed by atoms with E-state index >= 15 is 0 Å². The van der Waals surface area contributed by atoms with Crippen molar-refractivity contribution in [3.05, 3.63) is 24.0 Å². The molecule has 0 aromatic carbocycles. The molecule has 1 atom stereocenters. The minimum atomic E-state index is 0.0173. The first-order valence-corrected chi connectivity index (χ1v) is 9.07. The van der Waals surface area contributed by atoms with Crippen molar-refractivity contribution in [3.63, 3.8) is 0 Å². The number of piperazine rings is 1. The van der Waals surface area contributed by atoms with E-state index in [0.29, 0.717) is 6.04 Å². The molecule has 8 heteroatoms. The van der Waals surface area contributed by atoms with E-state index in [0.717, 1.165) is 53.9 Å². The van der Waals surface area contributed by atoms with Gasteiger partial charge in [0, 0.05) is 49.0 Å². The van der Waals surface area contributed by atoms with Gasteiger partial charge in [0.05, 0.1) is 5.39 Å². The summed E-state index contributed by atoms with van der Waals surface area (Å²) in [6.07, 6.45) is 1.89. The van der Waals surface area contributed by atoms with Crippen LogP contribution in [0.4, 0.5) is 17.6 Å². The summed E-state index contributed by atoms with van der Waals surface area (Å²) in [6, 6.07) is 4.37. The Labute approximate surface area is 152 Å². The maximum absolute atomic E-state index is 4.82. The second-order valence-electron chi connectivity index (χ2n) is 7.90. The second kappa shape index (κ2) is 6.28. The van der Waals surface area contributed by atoms with Gasteiger partial charge < -0.3 is 20.5 Å². The highest BCUT2D eigenvalue weighted by Gasteiger charge is 2.23. The molecule has 4 rings (SSSR count). The molecule has 3 aromatic heterocycles. The highest BCUT2D eigenvalue weighted by Crippen LogP contribution is 2.28. The summed E-state index contributed by atoms with van der Waals surface area (Å²) in [5.41, 5.74) is 1.92. The number of aromatic nitrogens is 5. The summed E-state index contributed by atoms with van der Waals surface area (Å²) in [5.74, 6) is 2.27. The van der Waals surface area contributed by atoms with E-state index in [1.165, 1.54) is 0 Å². The normalized spacial score (nSPS) is 18.5. The maximum atomic E-state index is 4.82. The van der Waals surface area contributed by atoms with Crippen LogP contribution in [-0.4, -0.2) is 50.8 Å². The third-order valence-electron chi connectivity index (χ3n) is 4.79. The fourth-order valence-corrected chi connectivity index (χ4v) is 3.18. The number of hydrogen-bond donors (Lipinski definition) is 4. The number of aromatic amines is 2. The first-order valence-electron chi connectivity index (χ1n) is 9.07. The minimum Gasteiger partial charge on any atom is -0.346 e. The molecule has 0 unspecified atom stereocenters. The van der Waals surface area contributed by atoms with Gasteiger partial charge in [-0.1, -0.05) is 20.8 Å². The van der Waals surface area contributed by atoms with Crippen molar-refractivity contribution < 1.29 is 0 Å². The fraction of sp³-hybridized carbons (Fsp3) is 0.500. The first kappa shape index (κ1) is 16.8.